The summed E-state index contributed by atoms with van der Waals surface area (Å²) >= 11 is 1.66. The summed E-state index contributed by atoms with van der Waals surface area (Å²) in [4.78, 5) is 43.9. The Balaban J connectivity index is 1.72. The normalized spacial score (nSPS) is 30.2. The third kappa shape index (κ3) is 5.23. The molecular formula is C30H45N3O4S. The van der Waals surface area contributed by atoms with E-state index in [0.29, 0.717) is 12.1 Å². The van der Waals surface area contributed by atoms with Gasteiger partial charge in [0.2, 0.25) is 17.7 Å². The van der Waals surface area contributed by atoms with E-state index in [1.165, 1.54) is 0 Å². The maximum Gasteiger partial charge on any atom is 0.244 e. The van der Waals surface area contributed by atoms with Gasteiger partial charge >= 0.3 is 0 Å². The number of fused-ring (bicyclic) bond motifs is 1. The SMILES string of the molecule is CC[C@H](C)[C@H](CO)N1C(=O)[C@@H]2[C@H](C(=O)Nc3ccccc3)[C@@H]3CCC2(S3)C1C(=O)NC(C)(C)CC(C)(C)C. The smallest absolute Gasteiger partial charge is 0.244 e. The van der Waals surface area contributed by atoms with Crippen LogP contribution in [0.3, 0.4) is 0 Å². The minimum Gasteiger partial charge on any atom is -0.394 e. The quantitative estimate of drug-likeness (QED) is 0.427. The summed E-state index contributed by atoms with van der Waals surface area (Å²) in [7, 11) is 0. The second-order valence-electron chi connectivity index (χ2n) is 13.4. The van der Waals surface area contributed by atoms with Crippen molar-refractivity contribution in [3.63, 3.8) is 0 Å². The van der Waals surface area contributed by atoms with Gasteiger partial charge in [0.25, 0.3) is 0 Å². The fraction of sp³-hybridized carbons (Fsp3) is 0.700. The van der Waals surface area contributed by atoms with Crippen molar-refractivity contribution in [1.82, 2.24) is 10.2 Å². The van der Waals surface area contributed by atoms with Crippen molar-refractivity contribution in [1.29, 1.82) is 0 Å². The second kappa shape index (κ2) is 10.5. The molecule has 3 amide bonds. The molecule has 7 nitrogen and oxygen atoms in total. The maximum absolute atomic E-state index is 14.3. The lowest BCUT2D eigenvalue weighted by Gasteiger charge is -2.41. The number of thioether (sulfide) groups is 1. The summed E-state index contributed by atoms with van der Waals surface area (Å²) in [6, 6.07) is 8.11. The minimum atomic E-state index is -0.727. The first-order valence-corrected chi connectivity index (χ1v) is 14.9. The molecule has 3 fully saturated rings. The van der Waals surface area contributed by atoms with Gasteiger partial charge in [-0.05, 0) is 56.6 Å². The number of benzene rings is 1. The van der Waals surface area contributed by atoms with Gasteiger partial charge in [-0.3, -0.25) is 14.4 Å². The molecule has 3 saturated heterocycles. The Morgan fingerprint density at radius 1 is 1.16 bits per heavy atom. The molecule has 0 aliphatic carbocycles. The van der Waals surface area contributed by atoms with E-state index in [1.807, 2.05) is 58.0 Å². The number of hydrogen-bond donors (Lipinski definition) is 3. The second-order valence-corrected chi connectivity index (χ2v) is 15.0. The number of rotatable bonds is 9. The van der Waals surface area contributed by atoms with Crippen LogP contribution >= 0.6 is 11.8 Å². The van der Waals surface area contributed by atoms with Crippen LogP contribution in [-0.4, -0.2) is 62.0 Å². The Bertz CT molecular complexity index is 1060. The summed E-state index contributed by atoms with van der Waals surface area (Å²) < 4.78 is -0.677. The van der Waals surface area contributed by atoms with Crippen LogP contribution in [0.4, 0.5) is 5.69 Å². The average Bonchev–Trinajstić information content (AvgIpc) is 3.46. The molecule has 2 bridgehead atoms. The molecule has 0 saturated carbocycles. The highest BCUT2D eigenvalue weighted by molar-refractivity contribution is 8.02. The van der Waals surface area contributed by atoms with Crippen LogP contribution in [0.15, 0.2) is 30.3 Å². The van der Waals surface area contributed by atoms with Gasteiger partial charge in [0.05, 0.1) is 29.2 Å². The number of para-hydroxylation sites is 1. The first-order valence-electron chi connectivity index (χ1n) is 14.0. The molecule has 1 aromatic rings. The molecule has 2 unspecified atom stereocenters. The van der Waals surface area contributed by atoms with E-state index in [4.69, 9.17) is 0 Å². The van der Waals surface area contributed by atoms with Gasteiger partial charge < -0.3 is 20.6 Å². The van der Waals surface area contributed by atoms with Crippen molar-refractivity contribution in [2.24, 2.45) is 23.2 Å². The standard InChI is InChI=1S/C30H45N3O4S/c1-8-18(2)20(16-34)33-24(26(36)32-29(6,7)17-28(3,4)5)30-15-14-21(38-30)22(23(30)27(33)37)25(35)31-19-12-10-9-11-13-19/h9-13,18,20-24,34H,8,14-17H2,1-7H3,(H,31,35)(H,32,36)/t18-,20-,21-,22+,23-,24?,30?/m0/s1. The summed E-state index contributed by atoms with van der Waals surface area (Å²) in [5, 5.41) is 16.8. The van der Waals surface area contributed by atoms with Gasteiger partial charge in [0.1, 0.15) is 6.04 Å². The number of nitrogens with one attached hydrogen (secondary N) is 2. The van der Waals surface area contributed by atoms with Crippen molar-refractivity contribution in [2.75, 3.05) is 11.9 Å². The predicted molar refractivity (Wildman–Crippen MR) is 153 cm³/mol. The third-order valence-corrected chi connectivity index (χ3v) is 10.6. The first kappa shape index (κ1) is 28.9. The molecule has 1 spiro atoms. The molecule has 0 aromatic heterocycles. The Kier molecular flexibility index (Phi) is 7.99. The van der Waals surface area contributed by atoms with Crippen LogP contribution in [0.5, 0.6) is 0 Å². The lowest BCUT2D eigenvalue weighted by molar-refractivity contribution is -0.143. The maximum atomic E-state index is 14.3. The number of aliphatic hydroxyl groups is 1. The van der Waals surface area contributed by atoms with Gasteiger partial charge in [0, 0.05) is 16.5 Å². The molecule has 3 aliphatic rings. The molecule has 4 rings (SSSR count). The van der Waals surface area contributed by atoms with Crippen LogP contribution in [-0.2, 0) is 14.4 Å². The number of nitrogens with zero attached hydrogens (tertiary/aromatic N) is 1. The van der Waals surface area contributed by atoms with E-state index in [0.717, 1.165) is 19.3 Å². The largest absolute Gasteiger partial charge is 0.394 e. The van der Waals surface area contributed by atoms with Crippen molar-refractivity contribution < 1.29 is 19.5 Å². The zero-order chi connectivity index (χ0) is 28.0. The zero-order valence-electron chi connectivity index (χ0n) is 23.9. The topological polar surface area (TPSA) is 98.7 Å². The number of amides is 3. The van der Waals surface area contributed by atoms with Crippen molar-refractivity contribution >= 4 is 35.2 Å². The number of carbonyl (C=O) groups excluding carboxylic acids is 3. The molecule has 7 atom stereocenters. The minimum absolute atomic E-state index is 0.00826. The fourth-order valence-electron chi connectivity index (χ4n) is 7.38. The van der Waals surface area contributed by atoms with E-state index in [-0.39, 0.29) is 40.9 Å². The molecule has 3 aliphatic heterocycles. The lowest BCUT2D eigenvalue weighted by atomic mass is 9.70. The summed E-state index contributed by atoms with van der Waals surface area (Å²) in [6.07, 6.45) is 3.04. The van der Waals surface area contributed by atoms with Gasteiger partial charge in [-0.2, -0.15) is 0 Å². The zero-order valence-corrected chi connectivity index (χ0v) is 24.7. The molecular weight excluding hydrogens is 498 g/mol. The molecule has 0 radical (unpaired) electrons. The highest BCUT2D eigenvalue weighted by atomic mass is 32.2. The molecule has 3 heterocycles. The van der Waals surface area contributed by atoms with Crippen LogP contribution in [0, 0.1) is 23.2 Å². The van der Waals surface area contributed by atoms with Crippen molar-refractivity contribution in [3.05, 3.63) is 30.3 Å². The molecule has 38 heavy (non-hydrogen) atoms. The highest BCUT2D eigenvalue weighted by Gasteiger charge is 2.74. The summed E-state index contributed by atoms with van der Waals surface area (Å²) in [5.41, 5.74) is 0.233. The Labute approximate surface area is 231 Å². The van der Waals surface area contributed by atoms with Gasteiger partial charge in [-0.25, -0.2) is 0 Å². The molecule has 210 valence electrons. The van der Waals surface area contributed by atoms with E-state index < -0.39 is 34.2 Å². The van der Waals surface area contributed by atoms with Crippen LogP contribution in [0.1, 0.15) is 74.1 Å². The summed E-state index contributed by atoms with van der Waals surface area (Å²) in [5.74, 6) is -1.59. The van der Waals surface area contributed by atoms with E-state index in [2.05, 4.69) is 31.4 Å². The Hall–Kier alpha value is -2.06. The van der Waals surface area contributed by atoms with Gasteiger partial charge in [0.15, 0.2) is 0 Å². The van der Waals surface area contributed by atoms with E-state index in [1.54, 1.807) is 16.7 Å². The van der Waals surface area contributed by atoms with E-state index >= 15 is 0 Å². The average molecular weight is 544 g/mol. The van der Waals surface area contributed by atoms with Crippen LogP contribution < -0.4 is 10.6 Å². The van der Waals surface area contributed by atoms with Gasteiger partial charge in [-0.1, -0.05) is 59.2 Å². The Morgan fingerprint density at radius 2 is 1.82 bits per heavy atom. The molecule has 1 aromatic carbocycles. The number of anilines is 1. The third-order valence-electron chi connectivity index (χ3n) is 8.61. The van der Waals surface area contributed by atoms with Crippen LogP contribution in [0.25, 0.3) is 0 Å². The number of likely N-dealkylation sites (tertiary alicyclic amines) is 1. The number of aliphatic hydroxyl groups excluding tert-OH is 1. The van der Waals surface area contributed by atoms with Crippen LogP contribution in [0.2, 0.25) is 0 Å². The Morgan fingerprint density at radius 3 is 2.39 bits per heavy atom. The highest BCUT2D eigenvalue weighted by Crippen LogP contribution is 2.67. The lowest BCUT2D eigenvalue weighted by Crippen LogP contribution is -2.61. The predicted octanol–water partition coefficient (Wildman–Crippen LogP) is 4.45. The molecule has 3 N–H and O–H groups in total. The van der Waals surface area contributed by atoms with Crippen molar-refractivity contribution in [2.45, 2.75) is 102 Å². The fourth-order valence-corrected chi connectivity index (χ4v) is 9.59. The number of carbonyl (C=O) groups is 3. The summed E-state index contributed by atoms with van der Waals surface area (Å²) in [6.45, 7) is 14.3. The number of hydrogen-bond acceptors (Lipinski definition) is 5. The molecule has 8 heteroatoms. The van der Waals surface area contributed by atoms with E-state index in [9.17, 15) is 19.5 Å². The van der Waals surface area contributed by atoms with Crippen molar-refractivity contribution in [3.8, 4) is 0 Å². The monoisotopic (exact) mass is 543 g/mol. The first-order chi connectivity index (χ1) is 17.7. The van der Waals surface area contributed by atoms with Gasteiger partial charge in [-0.15, -0.1) is 11.8 Å².